The molecule has 1 atom stereocenters. The van der Waals surface area contributed by atoms with Crippen LogP contribution >= 0.6 is 11.8 Å². The molecular weight excluding hydrogens is 504 g/mol. The van der Waals surface area contributed by atoms with Gasteiger partial charge in [-0.05, 0) is 37.3 Å². The van der Waals surface area contributed by atoms with E-state index in [4.69, 9.17) is 0 Å². The molecule has 4 rings (SSSR count). The van der Waals surface area contributed by atoms with Gasteiger partial charge in [0.1, 0.15) is 11.6 Å². The van der Waals surface area contributed by atoms with Crippen molar-refractivity contribution in [3.05, 3.63) is 90.5 Å². The van der Waals surface area contributed by atoms with Gasteiger partial charge in [-0.15, -0.1) is 24.9 Å². The van der Waals surface area contributed by atoms with E-state index in [0.29, 0.717) is 27.9 Å². The summed E-state index contributed by atoms with van der Waals surface area (Å²) >= 11 is 1.54. The lowest BCUT2D eigenvalue weighted by Gasteiger charge is -2.22. The van der Waals surface area contributed by atoms with Gasteiger partial charge in [0.25, 0.3) is 5.91 Å². The molecule has 2 aromatic carbocycles. The fraction of sp³-hybridized carbons (Fsp3) is 0.231. The van der Waals surface area contributed by atoms with Gasteiger partial charge in [0.05, 0.1) is 27.2 Å². The van der Waals surface area contributed by atoms with Gasteiger partial charge >= 0.3 is 0 Å². The molecule has 0 aliphatic carbocycles. The van der Waals surface area contributed by atoms with E-state index >= 15 is 0 Å². The molecule has 10 heteroatoms. The second kappa shape index (κ2) is 10.5. The van der Waals surface area contributed by atoms with Crippen LogP contribution in [0.4, 0.5) is 14.5 Å². The van der Waals surface area contributed by atoms with Crippen LogP contribution in [0.3, 0.4) is 0 Å². The molecule has 6 nitrogen and oxygen atoms in total. The first-order valence-corrected chi connectivity index (χ1v) is 13.6. The number of hydrogen-bond acceptors (Lipinski definition) is 5. The fourth-order valence-corrected chi connectivity index (χ4v) is 6.39. The van der Waals surface area contributed by atoms with Crippen LogP contribution in [-0.4, -0.2) is 48.6 Å². The monoisotopic (exact) mass is 529 g/mol. The van der Waals surface area contributed by atoms with Crippen molar-refractivity contribution >= 4 is 44.0 Å². The number of nitrogens with zero attached hydrogens (tertiary/aromatic N) is 3. The van der Waals surface area contributed by atoms with Gasteiger partial charge < -0.3 is 4.90 Å². The Labute approximate surface area is 213 Å². The Morgan fingerprint density at radius 3 is 2.61 bits per heavy atom. The maximum atomic E-state index is 14.3. The van der Waals surface area contributed by atoms with E-state index in [1.54, 1.807) is 18.2 Å². The molecule has 2 aromatic rings. The van der Waals surface area contributed by atoms with Crippen molar-refractivity contribution in [2.45, 2.75) is 24.4 Å². The minimum atomic E-state index is -4.13. The predicted octanol–water partition coefficient (Wildman–Crippen LogP) is 4.79. The van der Waals surface area contributed by atoms with E-state index in [2.05, 4.69) is 18.2 Å². The second-order valence-electron chi connectivity index (χ2n) is 8.39. The summed E-state index contributed by atoms with van der Waals surface area (Å²) in [6.07, 6.45) is 4.69. The molecule has 188 valence electrons. The smallest absolute Gasteiger partial charge is 0.259 e. The van der Waals surface area contributed by atoms with E-state index in [-0.39, 0.29) is 42.0 Å². The van der Waals surface area contributed by atoms with Crippen LogP contribution < -0.4 is 4.90 Å². The number of sulfonamides is 1. The van der Waals surface area contributed by atoms with Gasteiger partial charge in [-0.2, -0.15) is 4.31 Å². The van der Waals surface area contributed by atoms with Crippen LogP contribution in [0.25, 0.3) is 5.57 Å². The molecule has 0 aromatic heterocycles. The van der Waals surface area contributed by atoms with Crippen LogP contribution in [0.5, 0.6) is 0 Å². The van der Waals surface area contributed by atoms with E-state index in [0.717, 1.165) is 16.1 Å². The topological polar surface area (TPSA) is 70.0 Å². The third kappa shape index (κ3) is 5.07. The van der Waals surface area contributed by atoms with Crippen molar-refractivity contribution in [2.75, 3.05) is 23.7 Å². The summed E-state index contributed by atoms with van der Waals surface area (Å²) in [4.78, 5) is 19.2. The Hall–Kier alpha value is -3.08. The van der Waals surface area contributed by atoms with Crippen LogP contribution in [0, 0.1) is 11.6 Å². The largest absolute Gasteiger partial charge is 0.304 e. The van der Waals surface area contributed by atoms with Gasteiger partial charge in [-0.1, -0.05) is 18.2 Å². The number of thioether (sulfide) groups is 1. The number of anilines is 1. The molecule has 0 spiro atoms. The number of aliphatic imine (C=N–C) groups is 1. The van der Waals surface area contributed by atoms with E-state index in [1.165, 1.54) is 40.9 Å². The molecule has 1 unspecified atom stereocenters. The molecule has 0 bridgehead atoms. The minimum Gasteiger partial charge on any atom is -0.304 e. The standard InChI is InChI=1S/C26H25F2N3O3S2/c1-4-10-30(15-18-6-7-19(27)12-23(18)28)36(33,34)20-8-9-24-21(13-20)22(26(32)31(24)11-5-2)14-25-29-17(3)16-35-25/h4-9,12-14,17H,1-2,10-11,15-16H2,3H3/b22-14+. The molecule has 0 saturated carbocycles. The summed E-state index contributed by atoms with van der Waals surface area (Å²) in [5.74, 6) is -1.05. The molecule has 0 saturated heterocycles. The first-order chi connectivity index (χ1) is 17.1. The van der Waals surface area contributed by atoms with Crippen molar-refractivity contribution in [2.24, 2.45) is 4.99 Å². The Bertz CT molecular complexity index is 1400. The first-order valence-electron chi connectivity index (χ1n) is 11.2. The number of amides is 1. The predicted molar refractivity (Wildman–Crippen MR) is 140 cm³/mol. The lowest BCUT2D eigenvalue weighted by molar-refractivity contribution is -0.112. The number of carbonyl (C=O) groups excluding carboxylic acids is 1. The SMILES string of the molecule is C=CCN1C(=O)/C(=C/C2=NC(C)CS2)c2cc(S(=O)(=O)N(CC=C)Cc3ccc(F)cc3F)ccc21. The van der Waals surface area contributed by atoms with Crippen LogP contribution in [-0.2, 0) is 21.4 Å². The third-order valence-electron chi connectivity index (χ3n) is 5.76. The second-order valence-corrected chi connectivity index (χ2v) is 11.4. The quantitative estimate of drug-likeness (QED) is 0.346. The van der Waals surface area contributed by atoms with Crippen LogP contribution in [0.2, 0.25) is 0 Å². The summed E-state index contributed by atoms with van der Waals surface area (Å²) < 4.78 is 55.9. The molecule has 1 amide bonds. The van der Waals surface area contributed by atoms with Gasteiger partial charge in [-0.25, -0.2) is 17.2 Å². The molecule has 36 heavy (non-hydrogen) atoms. The molecule has 0 N–H and O–H groups in total. The van der Waals surface area contributed by atoms with Gasteiger partial charge in [0.2, 0.25) is 10.0 Å². The van der Waals surface area contributed by atoms with Gasteiger partial charge in [0.15, 0.2) is 0 Å². The molecule has 2 aliphatic heterocycles. The van der Waals surface area contributed by atoms with Crippen molar-refractivity contribution in [3.8, 4) is 0 Å². The number of fused-ring (bicyclic) bond motifs is 1. The molecule has 0 radical (unpaired) electrons. The highest BCUT2D eigenvalue weighted by Crippen LogP contribution is 2.39. The summed E-state index contributed by atoms with van der Waals surface area (Å²) in [6.45, 7) is 9.17. The maximum absolute atomic E-state index is 14.3. The highest BCUT2D eigenvalue weighted by Gasteiger charge is 2.35. The average molecular weight is 530 g/mol. The highest BCUT2D eigenvalue weighted by atomic mass is 32.2. The van der Waals surface area contributed by atoms with E-state index < -0.39 is 21.7 Å². The van der Waals surface area contributed by atoms with Crippen molar-refractivity contribution in [3.63, 3.8) is 0 Å². The third-order valence-corrected chi connectivity index (χ3v) is 8.73. The number of benzene rings is 2. The summed E-state index contributed by atoms with van der Waals surface area (Å²) in [6, 6.07) is 7.60. The summed E-state index contributed by atoms with van der Waals surface area (Å²) in [5.41, 5.74) is 1.42. The Morgan fingerprint density at radius 2 is 1.97 bits per heavy atom. The van der Waals surface area contributed by atoms with Crippen molar-refractivity contribution in [1.82, 2.24) is 4.31 Å². The lowest BCUT2D eigenvalue weighted by atomic mass is 10.1. The Morgan fingerprint density at radius 1 is 1.19 bits per heavy atom. The average Bonchev–Trinajstić information content (AvgIpc) is 3.36. The number of rotatable bonds is 9. The van der Waals surface area contributed by atoms with Crippen LogP contribution in [0.1, 0.15) is 18.1 Å². The minimum absolute atomic E-state index is 0.0290. The van der Waals surface area contributed by atoms with Crippen molar-refractivity contribution < 1.29 is 22.0 Å². The summed E-state index contributed by atoms with van der Waals surface area (Å²) in [7, 11) is -4.13. The van der Waals surface area contributed by atoms with Crippen molar-refractivity contribution in [1.29, 1.82) is 0 Å². The number of carbonyl (C=O) groups is 1. The fourth-order valence-electron chi connectivity index (χ4n) is 4.03. The number of halogens is 2. The number of hydrogen-bond donors (Lipinski definition) is 0. The van der Waals surface area contributed by atoms with Gasteiger partial charge in [0, 0.05) is 42.6 Å². The highest BCUT2D eigenvalue weighted by molar-refractivity contribution is 8.14. The summed E-state index contributed by atoms with van der Waals surface area (Å²) in [5, 5.41) is 0.714. The Balaban J connectivity index is 1.76. The molecule has 2 heterocycles. The first kappa shape index (κ1) is 26.0. The van der Waals surface area contributed by atoms with E-state index in [9.17, 15) is 22.0 Å². The zero-order valence-electron chi connectivity index (χ0n) is 19.7. The molecule has 2 aliphatic rings. The zero-order chi connectivity index (χ0) is 26.0. The zero-order valence-corrected chi connectivity index (χ0v) is 21.3. The van der Waals surface area contributed by atoms with Crippen LogP contribution in [0.15, 0.2) is 77.7 Å². The normalized spacial score (nSPS) is 18.6. The molecular formula is C26H25F2N3O3S2. The lowest BCUT2D eigenvalue weighted by Crippen LogP contribution is -2.31. The molecule has 0 fully saturated rings. The maximum Gasteiger partial charge on any atom is 0.259 e. The van der Waals surface area contributed by atoms with E-state index in [1.807, 2.05) is 6.92 Å². The van der Waals surface area contributed by atoms with Gasteiger partial charge in [-0.3, -0.25) is 9.79 Å². The Kier molecular flexibility index (Phi) is 7.58.